The molecule has 1 aromatic carbocycles. The van der Waals surface area contributed by atoms with Gasteiger partial charge in [-0.1, -0.05) is 31.2 Å². The van der Waals surface area contributed by atoms with Crippen molar-refractivity contribution in [2.45, 2.75) is 13.3 Å². The summed E-state index contributed by atoms with van der Waals surface area (Å²) in [6, 6.07) is 7.60. The van der Waals surface area contributed by atoms with E-state index in [0.29, 0.717) is 11.3 Å². The summed E-state index contributed by atoms with van der Waals surface area (Å²) in [6.45, 7) is 2.05. The summed E-state index contributed by atoms with van der Waals surface area (Å²) in [5.74, 6) is 0. The summed E-state index contributed by atoms with van der Waals surface area (Å²) < 4.78 is 2.29. The number of hydrogen-bond donors (Lipinski definition) is 1. The third-order valence-electron chi connectivity index (χ3n) is 4.04. The van der Waals surface area contributed by atoms with E-state index in [1.807, 2.05) is 24.3 Å². The molecule has 0 aliphatic heterocycles. The molecular formula is C16H17N4O3+. The van der Waals surface area contributed by atoms with Crippen molar-refractivity contribution in [2.24, 2.45) is 14.1 Å². The number of hydrogen-bond acceptors (Lipinski definition) is 3. The van der Waals surface area contributed by atoms with Crippen LogP contribution < -0.4 is 21.9 Å². The van der Waals surface area contributed by atoms with Crippen LogP contribution in [-0.4, -0.2) is 14.1 Å². The maximum atomic E-state index is 12.5. The van der Waals surface area contributed by atoms with E-state index in [0.717, 1.165) is 16.6 Å². The molecule has 0 saturated carbocycles. The van der Waals surface area contributed by atoms with Crippen molar-refractivity contribution >= 4 is 11.0 Å². The summed E-state index contributed by atoms with van der Waals surface area (Å²) in [5, 5.41) is 0.276. The van der Waals surface area contributed by atoms with Gasteiger partial charge >= 0.3 is 11.4 Å². The molecule has 0 aliphatic carbocycles. The molecule has 2 aromatic heterocycles. The van der Waals surface area contributed by atoms with Gasteiger partial charge in [0.15, 0.2) is 5.39 Å². The van der Waals surface area contributed by atoms with Crippen LogP contribution in [0, 0.1) is 0 Å². The molecular weight excluding hydrogens is 296 g/mol. The number of nitrogens with one attached hydrogen (secondary N) is 2. The number of rotatable bonds is 2. The molecule has 0 bridgehead atoms. The third-order valence-corrected chi connectivity index (χ3v) is 4.04. The maximum absolute atomic E-state index is 12.5. The Kier molecular flexibility index (Phi) is 3.48. The van der Waals surface area contributed by atoms with E-state index in [1.54, 1.807) is 0 Å². The molecule has 0 fully saturated rings. The summed E-state index contributed by atoms with van der Waals surface area (Å²) in [6.07, 6.45) is 0.899. The number of aryl methyl sites for hydroxylation is 2. The Morgan fingerprint density at radius 2 is 1.70 bits per heavy atom. The van der Waals surface area contributed by atoms with Crippen molar-refractivity contribution in [1.82, 2.24) is 14.1 Å². The molecule has 0 saturated heterocycles. The summed E-state index contributed by atoms with van der Waals surface area (Å²) in [7, 11) is 2.93. The number of fused-ring (bicyclic) bond motifs is 1. The molecule has 2 heterocycles. The van der Waals surface area contributed by atoms with Crippen LogP contribution in [0.15, 0.2) is 38.6 Å². The van der Waals surface area contributed by atoms with E-state index in [1.165, 1.54) is 18.7 Å². The Balaban J connectivity index is 2.48. The van der Waals surface area contributed by atoms with Gasteiger partial charge in [-0.05, 0) is 12.0 Å². The highest BCUT2D eigenvalue weighted by molar-refractivity contribution is 5.87. The molecule has 0 radical (unpaired) electrons. The smallest absolute Gasteiger partial charge is 0.268 e. The number of H-pyrrole nitrogens is 2. The zero-order chi connectivity index (χ0) is 16.7. The predicted octanol–water partition coefficient (Wildman–Crippen LogP) is -0.0310. The standard InChI is InChI=1S/C16H16N4O3/c1-4-9-5-7-10(8-6-9)12-11-13(18-15(22)17-12)19(2)16(23)20(3)14(11)21/h5-8H,4H2,1-3H3,(H,17,18,22)/p+1. The highest BCUT2D eigenvalue weighted by Gasteiger charge is 2.20. The first kappa shape index (κ1) is 15.0. The monoisotopic (exact) mass is 313 g/mol. The fourth-order valence-electron chi connectivity index (χ4n) is 2.65. The van der Waals surface area contributed by atoms with Crippen LogP contribution in [0.3, 0.4) is 0 Å². The fourth-order valence-corrected chi connectivity index (χ4v) is 2.65. The number of nitrogens with zero attached hydrogens (tertiary/aromatic N) is 2. The fraction of sp³-hybridized carbons (Fsp3) is 0.250. The highest BCUT2D eigenvalue weighted by atomic mass is 16.2. The van der Waals surface area contributed by atoms with E-state index < -0.39 is 16.9 Å². The van der Waals surface area contributed by atoms with Gasteiger partial charge in [-0.3, -0.25) is 4.79 Å². The molecule has 0 unspecified atom stereocenters. The zero-order valence-electron chi connectivity index (χ0n) is 13.1. The Hall–Kier alpha value is -2.96. The van der Waals surface area contributed by atoms with Crippen molar-refractivity contribution in [2.75, 3.05) is 0 Å². The Morgan fingerprint density at radius 3 is 2.30 bits per heavy atom. The molecule has 23 heavy (non-hydrogen) atoms. The first-order valence-electron chi connectivity index (χ1n) is 7.28. The Labute approximate surface area is 130 Å². The molecule has 0 atom stereocenters. The van der Waals surface area contributed by atoms with Gasteiger partial charge in [0, 0.05) is 12.6 Å². The molecule has 7 nitrogen and oxygen atoms in total. The average molecular weight is 313 g/mol. The van der Waals surface area contributed by atoms with Crippen molar-refractivity contribution in [3.8, 4) is 11.3 Å². The molecule has 3 aromatic rings. The summed E-state index contributed by atoms with van der Waals surface area (Å²) in [4.78, 5) is 41.7. The minimum atomic E-state index is -0.489. The van der Waals surface area contributed by atoms with Crippen LogP contribution >= 0.6 is 0 Å². The summed E-state index contributed by atoms with van der Waals surface area (Å²) in [5.41, 5.74) is 1.06. The van der Waals surface area contributed by atoms with Gasteiger partial charge in [0.05, 0.1) is 7.05 Å². The minimum Gasteiger partial charge on any atom is -0.268 e. The van der Waals surface area contributed by atoms with E-state index in [4.69, 9.17) is 0 Å². The lowest BCUT2D eigenvalue weighted by Crippen LogP contribution is -2.43. The van der Waals surface area contributed by atoms with Crippen LogP contribution in [0.1, 0.15) is 12.5 Å². The van der Waals surface area contributed by atoms with E-state index in [2.05, 4.69) is 16.9 Å². The number of aromatic amines is 2. The molecule has 118 valence electrons. The van der Waals surface area contributed by atoms with Crippen LogP contribution in [0.25, 0.3) is 22.3 Å². The van der Waals surface area contributed by atoms with Gasteiger partial charge in [0.2, 0.25) is 5.65 Å². The molecule has 0 amide bonds. The predicted molar refractivity (Wildman–Crippen MR) is 86.4 cm³/mol. The molecule has 0 spiro atoms. The maximum Gasteiger partial charge on any atom is 0.439 e. The number of benzene rings is 1. The van der Waals surface area contributed by atoms with Gasteiger partial charge in [0.25, 0.3) is 5.56 Å². The first-order chi connectivity index (χ1) is 10.9. The van der Waals surface area contributed by atoms with Gasteiger partial charge in [-0.25, -0.2) is 28.7 Å². The molecule has 7 heteroatoms. The second-order valence-corrected chi connectivity index (χ2v) is 5.43. The lowest BCUT2D eigenvalue weighted by Gasteiger charge is -2.06. The zero-order valence-corrected chi connectivity index (χ0v) is 13.1. The van der Waals surface area contributed by atoms with Gasteiger partial charge in [-0.15, -0.1) is 0 Å². The van der Waals surface area contributed by atoms with E-state index in [-0.39, 0.29) is 11.0 Å². The Morgan fingerprint density at radius 1 is 1.04 bits per heavy atom. The lowest BCUT2D eigenvalue weighted by atomic mass is 10.1. The Bertz CT molecular complexity index is 1070. The van der Waals surface area contributed by atoms with Crippen LogP contribution in [0.4, 0.5) is 0 Å². The van der Waals surface area contributed by atoms with Crippen LogP contribution in [0.2, 0.25) is 0 Å². The molecule has 3 rings (SSSR count). The van der Waals surface area contributed by atoms with Crippen molar-refractivity contribution in [1.29, 1.82) is 0 Å². The SMILES string of the molecule is CCc1ccc(-c2[nH]c(=O)[nH+]c3c2c(=O)n(C)c(=O)n3C)cc1. The topological polar surface area (TPSA) is 91.0 Å². The van der Waals surface area contributed by atoms with E-state index >= 15 is 0 Å². The lowest BCUT2D eigenvalue weighted by molar-refractivity contribution is -0.374. The average Bonchev–Trinajstić information content (AvgIpc) is 2.57. The highest BCUT2D eigenvalue weighted by Crippen LogP contribution is 2.20. The quantitative estimate of drug-likeness (QED) is 0.720. The van der Waals surface area contributed by atoms with Crippen LogP contribution in [-0.2, 0) is 20.5 Å². The van der Waals surface area contributed by atoms with Crippen molar-refractivity contribution in [3.63, 3.8) is 0 Å². The van der Waals surface area contributed by atoms with Gasteiger partial charge < -0.3 is 0 Å². The second-order valence-electron chi connectivity index (χ2n) is 5.43. The largest absolute Gasteiger partial charge is 0.439 e. The third kappa shape index (κ3) is 2.30. The van der Waals surface area contributed by atoms with E-state index in [9.17, 15) is 14.4 Å². The van der Waals surface area contributed by atoms with Crippen molar-refractivity contribution < 1.29 is 4.98 Å². The van der Waals surface area contributed by atoms with Gasteiger partial charge in [0.1, 0.15) is 5.69 Å². The van der Waals surface area contributed by atoms with Crippen LogP contribution in [0.5, 0.6) is 0 Å². The number of aromatic nitrogens is 4. The molecule has 2 N–H and O–H groups in total. The summed E-state index contributed by atoms with van der Waals surface area (Å²) >= 11 is 0. The van der Waals surface area contributed by atoms with Gasteiger partial charge in [-0.2, -0.15) is 0 Å². The minimum absolute atomic E-state index is 0.205. The normalized spacial score (nSPS) is 11.1. The first-order valence-corrected chi connectivity index (χ1v) is 7.28. The van der Waals surface area contributed by atoms with Crippen molar-refractivity contribution in [3.05, 3.63) is 61.2 Å². The second kappa shape index (κ2) is 5.35. The molecule has 0 aliphatic rings.